The van der Waals surface area contributed by atoms with E-state index in [4.69, 9.17) is 23.0 Å². The Morgan fingerprint density at radius 1 is 1.11 bits per heavy atom. The number of aliphatic carboxylic acids is 1. The van der Waals surface area contributed by atoms with E-state index in [1.165, 1.54) is 6.20 Å². The number of nitrogens with two attached hydrogens (primary N) is 2. The Balaban J connectivity index is 0.000000369. The predicted octanol–water partition coefficient (Wildman–Crippen LogP) is 2.35. The lowest BCUT2D eigenvalue weighted by Crippen LogP contribution is -2.32. The van der Waals surface area contributed by atoms with Crippen LogP contribution in [0.1, 0.15) is 11.1 Å². The van der Waals surface area contributed by atoms with Crippen molar-refractivity contribution >= 4 is 11.9 Å². The van der Waals surface area contributed by atoms with Gasteiger partial charge in [0.25, 0.3) is 0 Å². The largest absolute Gasteiger partial charge is 0.480 e. The molecule has 6 heteroatoms. The Bertz CT molecular complexity index is 892. The maximum atomic E-state index is 10.7. The van der Waals surface area contributed by atoms with Crippen molar-refractivity contribution in [3.05, 3.63) is 78.0 Å². The second-order valence-electron chi connectivity index (χ2n) is 5.64. The molecule has 0 saturated heterocycles. The molecular weight excluding hydrogens is 340 g/mol. The Morgan fingerprint density at radius 2 is 1.67 bits per heavy atom. The molecule has 0 fully saturated rings. The van der Waals surface area contributed by atoms with Crippen molar-refractivity contribution in [2.75, 3.05) is 5.73 Å². The molecule has 6 nitrogen and oxygen atoms in total. The Morgan fingerprint density at radius 3 is 2.15 bits per heavy atom. The first-order valence-electron chi connectivity index (χ1n) is 8.18. The zero-order valence-electron chi connectivity index (χ0n) is 14.6. The smallest absolute Gasteiger partial charge is 0.320 e. The summed E-state index contributed by atoms with van der Waals surface area (Å²) in [6.07, 6.45) is 7.16. The second kappa shape index (κ2) is 9.70. The van der Waals surface area contributed by atoms with E-state index in [0.29, 0.717) is 11.3 Å². The van der Waals surface area contributed by atoms with Crippen LogP contribution in [-0.4, -0.2) is 27.1 Å². The van der Waals surface area contributed by atoms with Gasteiger partial charge in [-0.2, -0.15) is 0 Å². The molecule has 0 aliphatic heterocycles. The lowest BCUT2D eigenvalue weighted by atomic mass is 10.0. The van der Waals surface area contributed by atoms with Crippen LogP contribution in [0, 0.1) is 12.3 Å². The van der Waals surface area contributed by atoms with Gasteiger partial charge in [-0.25, -0.2) is 9.97 Å². The summed E-state index contributed by atoms with van der Waals surface area (Å²) in [6, 6.07) is 18.2. The van der Waals surface area contributed by atoms with Gasteiger partial charge in [-0.15, -0.1) is 6.42 Å². The van der Waals surface area contributed by atoms with Crippen molar-refractivity contribution in [2.45, 2.75) is 12.5 Å². The van der Waals surface area contributed by atoms with E-state index in [0.717, 1.165) is 11.1 Å². The summed E-state index contributed by atoms with van der Waals surface area (Å²) in [5.41, 5.74) is 13.8. The molecule has 0 saturated carbocycles. The van der Waals surface area contributed by atoms with Crippen molar-refractivity contribution in [2.24, 2.45) is 5.73 Å². The number of carboxylic acid groups (broad SMARTS) is 1. The quantitative estimate of drug-likeness (QED) is 0.615. The number of benzene rings is 2. The Kier molecular flexibility index (Phi) is 7.06. The number of nitrogens with zero attached hydrogens (tertiary/aromatic N) is 2. The molecule has 1 aromatic heterocycles. The fraction of sp³-hybridized carbons (Fsp3) is 0.0952. The molecule has 3 aromatic rings. The van der Waals surface area contributed by atoms with Crippen LogP contribution in [0.5, 0.6) is 0 Å². The molecule has 5 N–H and O–H groups in total. The molecule has 0 amide bonds. The molecule has 27 heavy (non-hydrogen) atoms. The summed E-state index contributed by atoms with van der Waals surface area (Å²) in [4.78, 5) is 18.7. The Labute approximate surface area is 157 Å². The van der Waals surface area contributed by atoms with Crippen LogP contribution in [0.4, 0.5) is 5.95 Å². The van der Waals surface area contributed by atoms with Gasteiger partial charge in [-0.3, -0.25) is 4.79 Å². The zero-order valence-corrected chi connectivity index (χ0v) is 14.6. The minimum atomic E-state index is -1.03. The van der Waals surface area contributed by atoms with Gasteiger partial charge in [0.1, 0.15) is 6.04 Å². The molecule has 1 atom stereocenters. The summed E-state index contributed by atoms with van der Waals surface area (Å²) in [5, 5.41) is 8.80. The average molecular weight is 360 g/mol. The maximum absolute atomic E-state index is 10.7. The normalized spacial score (nSPS) is 10.8. The standard InChI is InChI=1S/C15H14N4O2.C6H6/c1-2-10-8-18-15(17)19-13(10)11-5-3-9(4-6-11)7-12(16)14(20)21;1-2-4-6-5-3-1/h1,3-6,8,12H,7,16H2,(H,20,21)(H2,17,18,19);1-6H. The van der Waals surface area contributed by atoms with E-state index in [1.54, 1.807) is 24.3 Å². The molecule has 0 aliphatic carbocycles. The van der Waals surface area contributed by atoms with Crippen molar-refractivity contribution < 1.29 is 9.90 Å². The zero-order chi connectivity index (χ0) is 19.6. The molecule has 0 aliphatic rings. The highest BCUT2D eigenvalue weighted by molar-refractivity contribution is 5.73. The van der Waals surface area contributed by atoms with Crippen molar-refractivity contribution in [3.8, 4) is 23.6 Å². The van der Waals surface area contributed by atoms with Crippen LogP contribution < -0.4 is 11.5 Å². The molecule has 1 unspecified atom stereocenters. The first-order chi connectivity index (χ1) is 13.0. The van der Waals surface area contributed by atoms with E-state index in [2.05, 4.69) is 15.9 Å². The van der Waals surface area contributed by atoms with E-state index in [9.17, 15) is 4.79 Å². The number of carboxylic acids is 1. The lowest BCUT2D eigenvalue weighted by Gasteiger charge is -2.08. The minimum Gasteiger partial charge on any atom is -0.480 e. The highest BCUT2D eigenvalue weighted by Crippen LogP contribution is 2.22. The number of hydrogen-bond donors (Lipinski definition) is 3. The van der Waals surface area contributed by atoms with Gasteiger partial charge < -0.3 is 16.6 Å². The molecular formula is C21H20N4O2. The number of nitrogen functional groups attached to an aromatic ring is 1. The molecule has 136 valence electrons. The van der Waals surface area contributed by atoms with Gasteiger partial charge in [0.2, 0.25) is 5.95 Å². The summed E-state index contributed by atoms with van der Waals surface area (Å²) in [7, 11) is 0. The number of terminal acetylenes is 1. The van der Waals surface area contributed by atoms with E-state index in [1.807, 2.05) is 36.4 Å². The number of aromatic nitrogens is 2. The van der Waals surface area contributed by atoms with Crippen molar-refractivity contribution in [1.82, 2.24) is 9.97 Å². The predicted molar refractivity (Wildman–Crippen MR) is 106 cm³/mol. The van der Waals surface area contributed by atoms with Crippen molar-refractivity contribution in [3.63, 3.8) is 0 Å². The van der Waals surface area contributed by atoms with Gasteiger partial charge in [-0.05, 0) is 12.0 Å². The van der Waals surface area contributed by atoms with Crippen LogP contribution in [0.25, 0.3) is 11.3 Å². The first-order valence-corrected chi connectivity index (χ1v) is 8.18. The van der Waals surface area contributed by atoms with Crippen LogP contribution >= 0.6 is 0 Å². The minimum absolute atomic E-state index is 0.140. The van der Waals surface area contributed by atoms with Crippen LogP contribution in [0.15, 0.2) is 66.9 Å². The molecule has 0 bridgehead atoms. The highest BCUT2D eigenvalue weighted by atomic mass is 16.4. The third-order valence-corrected chi connectivity index (χ3v) is 3.63. The van der Waals surface area contributed by atoms with Gasteiger partial charge in [0, 0.05) is 11.8 Å². The lowest BCUT2D eigenvalue weighted by molar-refractivity contribution is -0.138. The van der Waals surface area contributed by atoms with E-state index < -0.39 is 12.0 Å². The van der Waals surface area contributed by atoms with Gasteiger partial charge in [0.15, 0.2) is 0 Å². The summed E-state index contributed by atoms with van der Waals surface area (Å²) < 4.78 is 0. The average Bonchev–Trinajstić information content (AvgIpc) is 2.70. The Hall–Kier alpha value is -3.69. The fourth-order valence-electron chi connectivity index (χ4n) is 2.25. The van der Waals surface area contributed by atoms with Crippen LogP contribution in [-0.2, 0) is 11.2 Å². The third-order valence-electron chi connectivity index (χ3n) is 3.63. The summed E-state index contributed by atoms with van der Waals surface area (Å²) >= 11 is 0. The number of hydrogen-bond acceptors (Lipinski definition) is 5. The fourth-order valence-corrected chi connectivity index (χ4v) is 2.25. The number of rotatable bonds is 4. The first kappa shape index (κ1) is 19.6. The number of anilines is 1. The van der Waals surface area contributed by atoms with E-state index >= 15 is 0 Å². The molecule has 3 rings (SSSR count). The highest BCUT2D eigenvalue weighted by Gasteiger charge is 2.12. The van der Waals surface area contributed by atoms with Crippen LogP contribution in [0.3, 0.4) is 0 Å². The summed E-state index contributed by atoms with van der Waals surface area (Å²) in [5.74, 6) is 1.61. The van der Waals surface area contributed by atoms with Gasteiger partial charge >= 0.3 is 5.97 Å². The molecule has 0 spiro atoms. The molecule has 1 heterocycles. The summed E-state index contributed by atoms with van der Waals surface area (Å²) in [6.45, 7) is 0. The van der Waals surface area contributed by atoms with Crippen LogP contribution in [0.2, 0.25) is 0 Å². The third kappa shape index (κ3) is 5.96. The maximum Gasteiger partial charge on any atom is 0.320 e. The SMILES string of the molecule is C#Cc1cnc(N)nc1-c1ccc(CC(N)C(=O)O)cc1.c1ccccc1. The van der Waals surface area contributed by atoms with E-state index in [-0.39, 0.29) is 12.4 Å². The molecule has 2 aromatic carbocycles. The topological polar surface area (TPSA) is 115 Å². The van der Waals surface area contributed by atoms with Gasteiger partial charge in [0.05, 0.1) is 11.3 Å². The molecule has 0 radical (unpaired) electrons. The van der Waals surface area contributed by atoms with Gasteiger partial charge in [-0.1, -0.05) is 66.6 Å². The second-order valence-corrected chi connectivity index (χ2v) is 5.64. The van der Waals surface area contributed by atoms with Crippen molar-refractivity contribution in [1.29, 1.82) is 0 Å². The number of carbonyl (C=O) groups is 1. The monoisotopic (exact) mass is 360 g/mol.